The van der Waals surface area contributed by atoms with E-state index in [4.69, 9.17) is 28.4 Å². The lowest BCUT2D eigenvalue weighted by Crippen LogP contribution is -2.61. The Hall–Kier alpha value is -2.83. The summed E-state index contributed by atoms with van der Waals surface area (Å²) >= 11 is 0. The van der Waals surface area contributed by atoms with Crippen molar-refractivity contribution in [2.24, 2.45) is 0 Å². The Kier molecular flexibility index (Phi) is 48.3. The van der Waals surface area contributed by atoms with Crippen LogP contribution in [0.1, 0.15) is 232 Å². The van der Waals surface area contributed by atoms with Crippen LogP contribution in [0.4, 0.5) is 0 Å². The number of allylic oxidation sites excluding steroid dienone is 14. The maximum absolute atomic E-state index is 13.1. The van der Waals surface area contributed by atoms with Crippen LogP contribution in [0.5, 0.6) is 0 Å². The summed E-state index contributed by atoms with van der Waals surface area (Å²) in [6.07, 6.45) is 53.6. The van der Waals surface area contributed by atoms with E-state index in [9.17, 15) is 40.5 Å². The van der Waals surface area contributed by atoms with E-state index >= 15 is 0 Å². The molecule has 0 spiro atoms. The third kappa shape index (κ3) is 38.7. The number of carbonyl (C=O) groups is 1. The van der Waals surface area contributed by atoms with E-state index in [1.165, 1.54) is 109 Å². The van der Waals surface area contributed by atoms with Gasteiger partial charge in [-0.05, 0) is 89.9 Å². The molecule has 14 nitrogen and oxygen atoms in total. The highest BCUT2D eigenvalue weighted by atomic mass is 16.7. The van der Waals surface area contributed by atoms with Gasteiger partial charge in [0.15, 0.2) is 12.6 Å². The Balaban J connectivity index is 1.68. The number of unbranched alkanes of at least 4 members (excludes halogenated alkanes) is 24. The van der Waals surface area contributed by atoms with Gasteiger partial charge in [0.25, 0.3) is 0 Å². The van der Waals surface area contributed by atoms with Gasteiger partial charge in [0, 0.05) is 13.0 Å². The van der Waals surface area contributed by atoms with Crippen molar-refractivity contribution in [2.75, 3.05) is 33.0 Å². The maximum atomic E-state index is 13.1. The Bertz CT molecular complexity index is 1660. The molecule has 2 heterocycles. The minimum absolute atomic E-state index is 0.0516. The summed E-state index contributed by atoms with van der Waals surface area (Å²) in [6.45, 7) is 3.56. The zero-order chi connectivity index (χ0) is 58.6. The number of esters is 1. The van der Waals surface area contributed by atoms with E-state index in [1.54, 1.807) is 0 Å². The van der Waals surface area contributed by atoms with Crippen molar-refractivity contribution in [3.05, 3.63) is 85.1 Å². The minimum Gasteiger partial charge on any atom is -0.457 e. The van der Waals surface area contributed by atoms with Crippen LogP contribution in [0, 0.1) is 0 Å². The van der Waals surface area contributed by atoms with Crippen LogP contribution in [0.3, 0.4) is 0 Å². The van der Waals surface area contributed by atoms with Crippen molar-refractivity contribution in [3.8, 4) is 0 Å². The molecule has 81 heavy (non-hydrogen) atoms. The molecule has 0 aromatic heterocycles. The van der Waals surface area contributed by atoms with Gasteiger partial charge in [-0.15, -0.1) is 0 Å². The predicted octanol–water partition coefficient (Wildman–Crippen LogP) is 12.8. The molecule has 0 aromatic carbocycles. The molecule has 0 aromatic rings. The fraction of sp³-hybridized carbons (Fsp3) is 0.776. The van der Waals surface area contributed by atoms with Crippen molar-refractivity contribution in [2.45, 2.75) is 300 Å². The van der Waals surface area contributed by atoms with Crippen LogP contribution >= 0.6 is 0 Å². The normalized spacial score (nSPS) is 24.3. The van der Waals surface area contributed by atoms with Crippen molar-refractivity contribution < 1.29 is 69.0 Å². The number of hydrogen-bond donors (Lipinski definition) is 7. The smallest absolute Gasteiger partial charge is 0.306 e. The van der Waals surface area contributed by atoms with Crippen molar-refractivity contribution >= 4 is 5.97 Å². The van der Waals surface area contributed by atoms with E-state index in [0.29, 0.717) is 13.0 Å². The third-order valence-electron chi connectivity index (χ3n) is 14.9. The molecule has 0 radical (unpaired) electrons. The lowest BCUT2D eigenvalue weighted by atomic mass is 9.98. The van der Waals surface area contributed by atoms with Gasteiger partial charge in [0.05, 0.1) is 26.4 Å². The second-order valence-electron chi connectivity index (χ2n) is 22.2. The Morgan fingerprint density at radius 3 is 1.26 bits per heavy atom. The highest BCUT2D eigenvalue weighted by molar-refractivity contribution is 5.69. The monoisotopic (exact) mass is 1140 g/mol. The molecular weight excluding hydrogens is 1030 g/mol. The van der Waals surface area contributed by atoms with E-state index in [1.807, 2.05) is 0 Å². The number of aliphatic hydroxyl groups is 7. The second-order valence-corrected chi connectivity index (χ2v) is 22.2. The van der Waals surface area contributed by atoms with Crippen LogP contribution in [-0.2, 0) is 33.2 Å². The van der Waals surface area contributed by atoms with Crippen LogP contribution in [0.15, 0.2) is 85.1 Å². The van der Waals surface area contributed by atoms with Crippen LogP contribution in [0.25, 0.3) is 0 Å². The molecule has 11 unspecified atom stereocenters. The summed E-state index contributed by atoms with van der Waals surface area (Å²) in [5, 5.41) is 72.5. The molecule has 2 aliphatic rings. The minimum atomic E-state index is -1.71. The summed E-state index contributed by atoms with van der Waals surface area (Å²) in [5.41, 5.74) is 0. The largest absolute Gasteiger partial charge is 0.457 e. The number of ether oxygens (including phenoxy) is 6. The van der Waals surface area contributed by atoms with E-state index < -0.39 is 80.7 Å². The first-order chi connectivity index (χ1) is 39.6. The highest BCUT2D eigenvalue weighted by Gasteiger charge is 2.47. The fourth-order valence-electron chi connectivity index (χ4n) is 9.76. The zero-order valence-corrected chi connectivity index (χ0v) is 50.5. The van der Waals surface area contributed by atoms with Gasteiger partial charge in [-0.3, -0.25) is 4.79 Å². The van der Waals surface area contributed by atoms with Gasteiger partial charge in [-0.25, -0.2) is 0 Å². The Morgan fingerprint density at radius 1 is 0.420 bits per heavy atom. The molecule has 468 valence electrons. The number of hydrogen-bond acceptors (Lipinski definition) is 14. The first-order valence-corrected chi connectivity index (χ1v) is 32.2. The molecule has 2 rings (SSSR count). The molecule has 0 amide bonds. The van der Waals surface area contributed by atoms with Crippen molar-refractivity contribution in [1.29, 1.82) is 0 Å². The lowest BCUT2D eigenvalue weighted by molar-refractivity contribution is -0.332. The lowest BCUT2D eigenvalue weighted by Gasteiger charge is -2.42. The molecule has 11 atom stereocenters. The predicted molar refractivity (Wildman–Crippen MR) is 325 cm³/mol. The fourth-order valence-corrected chi connectivity index (χ4v) is 9.76. The summed E-state index contributed by atoms with van der Waals surface area (Å²) in [4.78, 5) is 13.1. The van der Waals surface area contributed by atoms with Gasteiger partial charge in [0.2, 0.25) is 0 Å². The number of rotatable bonds is 52. The molecule has 0 aliphatic carbocycles. The Labute approximate surface area is 490 Å². The van der Waals surface area contributed by atoms with Gasteiger partial charge >= 0.3 is 5.97 Å². The van der Waals surface area contributed by atoms with Gasteiger partial charge in [0.1, 0.15) is 54.9 Å². The summed E-state index contributed by atoms with van der Waals surface area (Å²) in [7, 11) is 0. The summed E-state index contributed by atoms with van der Waals surface area (Å²) in [5.74, 6) is -0.389. The van der Waals surface area contributed by atoms with Crippen molar-refractivity contribution in [1.82, 2.24) is 0 Å². The molecule has 2 aliphatic heterocycles. The Morgan fingerprint density at radius 2 is 0.802 bits per heavy atom. The standard InChI is InChI=1S/C67H116O14/c1-3-5-7-9-11-13-15-17-19-21-23-25-26-27-28-29-31-33-35-37-39-41-43-45-47-49-51-76-53-56(54-77-66-65(75)63(73)61(71)58(81-66)55-78-67-64(74)62(72)60(70)57(52-68)80-67)79-59(69)50-48-46-44-42-40-38-36-34-32-30-24-22-20-18-16-14-12-10-8-6-4-2/h5,7,11,13,16-19,22-25,32,34,56-58,60-68,70-75H,3-4,6,8-10,12,14-15,20-21,26-31,33,35-55H2,1-2H3/b7-5-,13-11-,18-16-,19-17-,24-22-,25-23-,34-32-. The quantitative estimate of drug-likeness (QED) is 0.0172. The third-order valence-corrected chi connectivity index (χ3v) is 14.9. The maximum Gasteiger partial charge on any atom is 0.306 e. The first kappa shape index (κ1) is 74.3. The highest BCUT2D eigenvalue weighted by Crippen LogP contribution is 2.27. The SMILES string of the molecule is CC/C=C\C/C=C\C/C=C\C/C=C\CCCCCCCCCCCCCCCOCC(COC1OC(COC2OC(CO)C(O)C(O)C2O)C(O)C(O)C1O)OC(=O)CCCCCCCC/C=C\C/C=C\C/C=C\CCCCCCC. The van der Waals surface area contributed by atoms with Crippen LogP contribution in [-0.4, -0.2) is 142 Å². The van der Waals surface area contributed by atoms with Crippen molar-refractivity contribution in [3.63, 3.8) is 0 Å². The number of aliphatic hydroxyl groups excluding tert-OH is 7. The molecule has 2 saturated heterocycles. The second kappa shape index (κ2) is 52.7. The topological polar surface area (TPSA) is 214 Å². The average molecular weight is 1150 g/mol. The molecular formula is C67H116O14. The van der Waals surface area contributed by atoms with E-state index in [0.717, 1.165) is 96.3 Å². The zero-order valence-electron chi connectivity index (χ0n) is 50.5. The average Bonchev–Trinajstić information content (AvgIpc) is 3.60. The number of carbonyl (C=O) groups excluding carboxylic acids is 1. The summed E-state index contributed by atoms with van der Waals surface area (Å²) in [6, 6.07) is 0. The van der Waals surface area contributed by atoms with Crippen LogP contribution < -0.4 is 0 Å². The van der Waals surface area contributed by atoms with E-state index in [-0.39, 0.29) is 25.6 Å². The molecule has 14 heteroatoms. The van der Waals surface area contributed by atoms with E-state index in [2.05, 4.69) is 98.9 Å². The van der Waals surface area contributed by atoms with Gasteiger partial charge < -0.3 is 64.2 Å². The molecule has 0 saturated carbocycles. The van der Waals surface area contributed by atoms with Gasteiger partial charge in [-0.1, -0.05) is 221 Å². The molecule has 7 N–H and O–H groups in total. The summed E-state index contributed by atoms with van der Waals surface area (Å²) < 4.78 is 34.5. The van der Waals surface area contributed by atoms with Crippen LogP contribution in [0.2, 0.25) is 0 Å². The van der Waals surface area contributed by atoms with Gasteiger partial charge in [-0.2, -0.15) is 0 Å². The molecule has 2 fully saturated rings. The first-order valence-electron chi connectivity index (χ1n) is 32.2. The molecule has 0 bridgehead atoms.